The van der Waals surface area contributed by atoms with Crippen LogP contribution in [0.25, 0.3) is 6.08 Å². The van der Waals surface area contributed by atoms with Crippen LogP contribution in [0.1, 0.15) is 17.7 Å². The first-order chi connectivity index (χ1) is 6.24. The SMILES string of the molecule is O=CC=Cc1ccc(C(F)F)nc1. The molecule has 0 N–H and O–H groups in total. The Balaban J connectivity index is 2.81. The van der Waals surface area contributed by atoms with Crippen molar-refractivity contribution in [3.05, 3.63) is 35.7 Å². The van der Waals surface area contributed by atoms with Gasteiger partial charge in [0.25, 0.3) is 6.43 Å². The quantitative estimate of drug-likeness (QED) is 0.531. The highest BCUT2D eigenvalue weighted by Crippen LogP contribution is 2.15. The Bertz CT molecular complexity index is 306. The lowest BCUT2D eigenvalue weighted by molar-refractivity contribution is -0.104. The number of aldehydes is 1. The number of pyridine rings is 1. The Kier molecular flexibility index (Phi) is 3.25. The molecule has 0 atom stereocenters. The summed E-state index contributed by atoms with van der Waals surface area (Å²) in [5, 5.41) is 0. The van der Waals surface area contributed by atoms with E-state index in [1.807, 2.05) is 0 Å². The summed E-state index contributed by atoms with van der Waals surface area (Å²) in [6.45, 7) is 0. The second kappa shape index (κ2) is 4.45. The minimum atomic E-state index is -2.55. The maximum atomic E-state index is 12.0. The second-order valence-electron chi connectivity index (χ2n) is 2.31. The Morgan fingerprint density at radius 3 is 2.62 bits per heavy atom. The van der Waals surface area contributed by atoms with E-state index >= 15 is 0 Å². The number of carbonyl (C=O) groups excluding carboxylic acids is 1. The molecule has 0 radical (unpaired) electrons. The summed E-state index contributed by atoms with van der Waals surface area (Å²) in [6, 6.07) is 2.71. The molecule has 0 aliphatic carbocycles. The van der Waals surface area contributed by atoms with Crippen molar-refractivity contribution in [2.24, 2.45) is 0 Å². The van der Waals surface area contributed by atoms with Crippen LogP contribution in [0.3, 0.4) is 0 Å². The van der Waals surface area contributed by atoms with Gasteiger partial charge in [0.05, 0.1) is 0 Å². The molecule has 13 heavy (non-hydrogen) atoms. The monoisotopic (exact) mass is 183 g/mol. The molecule has 2 nitrogen and oxygen atoms in total. The predicted molar refractivity (Wildman–Crippen MR) is 44.3 cm³/mol. The van der Waals surface area contributed by atoms with E-state index in [1.165, 1.54) is 30.5 Å². The van der Waals surface area contributed by atoms with Gasteiger partial charge in [-0.15, -0.1) is 0 Å². The number of allylic oxidation sites excluding steroid dienone is 1. The minimum absolute atomic E-state index is 0.261. The average molecular weight is 183 g/mol. The Labute approximate surface area is 73.9 Å². The van der Waals surface area contributed by atoms with E-state index in [9.17, 15) is 13.6 Å². The predicted octanol–water partition coefficient (Wildman–Crippen LogP) is 2.23. The molecule has 0 fully saturated rings. The van der Waals surface area contributed by atoms with Crippen molar-refractivity contribution in [2.45, 2.75) is 6.43 Å². The van der Waals surface area contributed by atoms with Gasteiger partial charge in [0, 0.05) is 6.20 Å². The topological polar surface area (TPSA) is 30.0 Å². The van der Waals surface area contributed by atoms with Gasteiger partial charge in [-0.2, -0.15) is 0 Å². The van der Waals surface area contributed by atoms with Crippen LogP contribution >= 0.6 is 0 Å². The van der Waals surface area contributed by atoms with Gasteiger partial charge in [-0.1, -0.05) is 12.1 Å². The largest absolute Gasteiger partial charge is 0.299 e. The van der Waals surface area contributed by atoms with Crippen LogP contribution in [0.15, 0.2) is 24.4 Å². The molecular formula is C9H7F2NO. The average Bonchev–Trinajstić information content (AvgIpc) is 2.15. The third kappa shape index (κ3) is 2.74. The zero-order valence-corrected chi connectivity index (χ0v) is 6.65. The number of alkyl halides is 2. The van der Waals surface area contributed by atoms with Gasteiger partial charge < -0.3 is 0 Å². The highest BCUT2D eigenvalue weighted by Gasteiger charge is 2.06. The molecule has 1 heterocycles. The van der Waals surface area contributed by atoms with Crippen LogP contribution in [0, 0.1) is 0 Å². The Morgan fingerprint density at radius 2 is 2.15 bits per heavy atom. The molecule has 0 spiro atoms. The van der Waals surface area contributed by atoms with E-state index in [-0.39, 0.29) is 5.69 Å². The lowest BCUT2D eigenvalue weighted by atomic mass is 10.2. The fourth-order valence-corrected chi connectivity index (χ4v) is 0.795. The normalized spacial score (nSPS) is 11.0. The maximum Gasteiger partial charge on any atom is 0.280 e. The number of halogens is 2. The third-order valence-corrected chi connectivity index (χ3v) is 1.40. The molecule has 0 unspecified atom stereocenters. The van der Waals surface area contributed by atoms with E-state index in [4.69, 9.17) is 0 Å². The third-order valence-electron chi connectivity index (χ3n) is 1.40. The number of rotatable bonds is 3. The first-order valence-electron chi connectivity index (χ1n) is 3.60. The molecule has 0 saturated heterocycles. The van der Waals surface area contributed by atoms with Crippen LogP contribution in [0.5, 0.6) is 0 Å². The molecular weight excluding hydrogens is 176 g/mol. The van der Waals surface area contributed by atoms with Crippen LogP contribution in [-0.2, 0) is 4.79 Å². The van der Waals surface area contributed by atoms with Crippen molar-refractivity contribution in [3.63, 3.8) is 0 Å². The molecule has 0 amide bonds. The van der Waals surface area contributed by atoms with Crippen molar-refractivity contribution in [3.8, 4) is 0 Å². The maximum absolute atomic E-state index is 12.0. The second-order valence-corrected chi connectivity index (χ2v) is 2.31. The molecule has 1 rings (SSSR count). The van der Waals surface area contributed by atoms with E-state index in [1.54, 1.807) is 0 Å². The van der Waals surface area contributed by atoms with Gasteiger partial charge in [0.1, 0.15) is 12.0 Å². The molecule has 4 heteroatoms. The van der Waals surface area contributed by atoms with E-state index in [0.717, 1.165) is 0 Å². The standard InChI is InChI=1S/C9H7F2NO/c10-9(11)8-4-3-7(6-12-8)2-1-5-13/h1-6,9H. The van der Waals surface area contributed by atoms with Crippen LogP contribution in [0.4, 0.5) is 8.78 Å². The number of aromatic nitrogens is 1. The van der Waals surface area contributed by atoms with Gasteiger partial charge in [-0.25, -0.2) is 8.78 Å². The van der Waals surface area contributed by atoms with Crippen LogP contribution in [0.2, 0.25) is 0 Å². The lowest BCUT2D eigenvalue weighted by Crippen LogP contribution is -1.88. The summed E-state index contributed by atoms with van der Waals surface area (Å²) in [5.41, 5.74) is 0.361. The number of hydrogen-bond acceptors (Lipinski definition) is 2. The van der Waals surface area contributed by atoms with Crippen LogP contribution in [-0.4, -0.2) is 11.3 Å². The summed E-state index contributed by atoms with van der Waals surface area (Å²) in [5.74, 6) is 0. The van der Waals surface area contributed by atoms with Gasteiger partial charge in [0.2, 0.25) is 0 Å². The zero-order chi connectivity index (χ0) is 9.68. The van der Waals surface area contributed by atoms with E-state index < -0.39 is 6.43 Å². The molecule has 0 aromatic carbocycles. The summed E-state index contributed by atoms with van der Waals surface area (Å²) in [6.07, 6.45) is 2.13. The first-order valence-corrected chi connectivity index (χ1v) is 3.60. The molecule has 0 bridgehead atoms. The fraction of sp³-hybridized carbons (Fsp3) is 0.111. The highest BCUT2D eigenvalue weighted by molar-refractivity contribution is 5.73. The minimum Gasteiger partial charge on any atom is -0.299 e. The molecule has 68 valence electrons. The smallest absolute Gasteiger partial charge is 0.280 e. The molecule has 0 saturated carbocycles. The van der Waals surface area contributed by atoms with Gasteiger partial charge in [-0.3, -0.25) is 9.78 Å². The molecule has 0 aliphatic heterocycles. The van der Waals surface area contributed by atoms with Crippen molar-refractivity contribution < 1.29 is 13.6 Å². The first kappa shape index (κ1) is 9.51. The Hall–Kier alpha value is -1.58. The Morgan fingerprint density at radius 1 is 1.38 bits per heavy atom. The van der Waals surface area contributed by atoms with Crippen LogP contribution < -0.4 is 0 Å². The van der Waals surface area contributed by atoms with Crippen molar-refractivity contribution in [2.75, 3.05) is 0 Å². The summed E-state index contributed by atoms with van der Waals surface area (Å²) < 4.78 is 24.0. The van der Waals surface area contributed by atoms with Gasteiger partial charge >= 0.3 is 0 Å². The van der Waals surface area contributed by atoms with Gasteiger partial charge in [-0.05, 0) is 17.7 Å². The van der Waals surface area contributed by atoms with Gasteiger partial charge in [0.15, 0.2) is 0 Å². The van der Waals surface area contributed by atoms with E-state index in [0.29, 0.717) is 11.8 Å². The molecule has 1 aromatic heterocycles. The molecule has 1 aromatic rings. The highest BCUT2D eigenvalue weighted by atomic mass is 19.3. The van der Waals surface area contributed by atoms with E-state index in [2.05, 4.69) is 4.98 Å². The zero-order valence-electron chi connectivity index (χ0n) is 6.65. The van der Waals surface area contributed by atoms with Crippen molar-refractivity contribution in [1.82, 2.24) is 4.98 Å². The van der Waals surface area contributed by atoms with Crippen molar-refractivity contribution in [1.29, 1.82) is 0 Å². The summed E-state index contributed by atoms with van der Waals surface area (Å²) in [4.78, 5) is 13.4. The van der Waals surface area contributed by atoms with Crippen molar-refractivity contribution >= 4 is 12.4 Å². The summed E-state index contributed by atoms with van der Waals surface area (Å²) in [7, 11) is 0. The number of nitrogens with zero attached hydrogens (tertiary/aromatic N) is 1. The fourth-order valence-electron chi connectivity index (χ4n) is 0.795. The number of carbonyl (C=O) groups is 1. The molecule has 0 aliphatic rings. The lowest BCUT2D eigenvalue weighted by Gasteiger charge is -1.97. The summed E-state index contributed by atoms with van der Waals surface area (Å²) >= 11 is 0. The number of hydrogen-bond donors (Lipinski definition) is 0.